The lowest BCUT2D eigenvalue weighted by Gasteiger charge is -2.36. The highest BCUT2D eigenvalue weighted by molar-refractivity contribution is 6.30. The quantitative estimate of drug-likeness (QED) is 0.869. The SMILES string of the molecule is CC1CN(CC(O)CN(C)Cc2cccc(Cl)c2)CC(C)O1. The molecule has 124 valence electrons. The number of morpholine rings is 1. The van der Waals surface area contributed by atoms with Crippen molar-refractivity contribution in [1.82, 2.24) is 9.80 Å². The molecule has 1 aliphatic rings. The first-order chi connectivity index (χ1) is 10.4. The molecule has 0 amide bonds. The van der Waals surface area contributed by atoms with Gasteiger partial charge in [-0.1, -0.05) is 23.7 Å². The van der Waals surface area contributed by atoms with Gasteiger partial charge in [0.2, 0.25) is 0 Å². The molecule has 3 atom stereocenters. The maximum absolute atomic E-state index is 10.3. The topological polar surface area (TPSA) is 35.9 Å². The Morgan fingerprint density at radius 2 is 2.05 bits per heavy atom. The maximum Gasteiger partial charge on any atom is 0.0793 e. The zero-order valence-electron chi connectivity index (χ0n) is 13.7. The van der Waals surface area contributed by atoms with Crippen molar-refractivity contribution in [1.29, 1.82) is 0 Å². The molecule has 1 aromatic carbocycles. The zero-order chi connectivity index (χ0) is 16.1. The van der Waals surface area contributed by atoms with E-state index in [0.717, 1.165) is 30.2 Å². The third-order valence-electron chi connectivity index (χ3n) is 3.83. The number of β-amino-alcohol motifs (C(OH)–C–C–N with tert-alkyl or cyclic N) is 1. The minimum atomic E-state index is -0.360. The van der Waals surface area contributed by atoms with Crippen molar-refractivity contribution in [2.75, 3.05) is 33.2 Å². The number of aliphatic hydroxyl groups excluding tert-OH is 1. The van der Waals surface area contributed by atoms with Gasteiger partial charge in [-0.15, -0.1) is 0 Å². The third-order valence-corrected chi connectivity index (χ3v) is 4.06. The summed E-state index contributed by atoms with van der Waals surface area (Å²) >= 11 is 6.00. The van der Waals surface area contributed by atoms with Crippen LogP contribution in [-0.4, -0.2) is 66.4 Å². The summed E-state index contributed by atoms with van der Waals surface area (Å²) in [4.78, 5) is 4.42. The van der Waals surface area contributed by atoms with Crippen molar-refractivity contribution in [2.45, 2.75) is 38.7 Å². The number of likely N-dealkylation sites (N-methyl/N-ethyl adjacent to an activating group) is 1. The van der Waals surface area contributed by atoms with Crippen LogP contribution in [0.5, 0.6) is 0 Å². The predicted molar refractivity (Wildman–Crippen MR) is 90.2 cm³/mol. The van der Waals surface area contributed by atoms with Gasteiger partial charge in [-0.25, -0.2) is 0 Å². The minimum absolute atomic E-state index is 0.236. The van der Waals surface area contributed by atoms with Gasteiger partial charge in [-0.05, 0) is 38.6 Å². The highest BCUT2D eigenvalue weighted by atomic mass is 35.5. The van der Waals surface area contributed by atoms with E-state index in [1.807, 2.05) is 25.2 Å². The third kappa shape index (κ3) is 5.86. The molecule has 0 aromatic heterocycles. The van der Waals surface area contributed by atoms with Gasteiger partial charge in [-0.3, -0.25) is 9.80 Å². The molecule has 22 heavy (non-hydrogen) atoms. The van der Waals surface area contributed by atoms with E-state index in [4.69, 9.17) is 16.3 Å². The molecular weight excluding hydrogens is 300 g/mol. The van der Waals surface area contributed by atoms with Crippen molar-refractivity contribution in [3.63, 3.8) is 0 Å². The summed E-state index contributed by atoms with van der Waals surface area (Å²) in [6.45, 7) is 8.07. The van der Waals surface area contributed by atoms with Gasteiger partial charge in [0.15, 0.2) is 0 Å². The molecule has 1 aromatic rings. The molecule has 4 nitrogen and oxygen atoms in total. The highest BCUT2D eigenvalue weighted by Crippen LogP contribution is 2.13. The van der Waals surface area contributed by atoms with Gasteiger partial charge in [0.05, 0.1) is 18.3 Å². The van der Waals surface area contributed by atoms with E-state index < -0.39 is 0 Å². The average Bonchev–Trinajstić information content (AvgIpc) is 2.36. The predicted octanol–water partition coefficient (Wildman–Crippen LogP) is 2.24. The lowest BCUT2D eigenvalue weighted by molar-refractivity contribution is -0.0777. The Kier molecular flexibility index (Phi) is 6.66. The van der Waals surface area contributed by atoms with Gasteiger partial charge >= 0.3 is 0 Å². The van der Waals surface area contributed by atoms with Gasteiger partial charge in [0.25, 0.3) is 0 Å². The van der Waals surface area contributed by atoms with Crippen LogP contribution in [0.2, 0.25) is 5.02 Å². The first-order valence-electron chi connectivity index (χ1n) is 7.91. The first kappa shape index (κ1) is 17.7. The number of benzene rings is 1. The highest BCUT2D eigenvalue weighted by Gasteiger charge is 2.24. The molecule has 0 bridgehead atoms. The Labute approximate surface area is 138 Å². The lowest BCUT2D eigenvalue weighted by Crippen LogP contribution is -2.49. The van der Waals surface area contributed by atoms with Gasteiger partial charge in [0.1, 0.15) is 0 Å². The normalized spacial score (nSPS) is 24.6. The number of rotatable bonds is 6. The zero-order valence-corrected chi connectivity index (χ0v) is 14.5. The number of aliphatic hydroxyl groups is 1. The Morgan fingerprint density at radius 1 is 1.36 bits per heavy atom. The number of halogens is 1. The molecule has 5 heteroatoms. The Balaban J connectivity index is 1.77. The van der Waals surface area contributed by atoms with Crippen molar-refractivity contribution in [2.24, 2.45) is 0 Å². The number of hydrogen-bond acceptors (Lipinski definition) is 4. The van der Waals surface area contributed by atoms with Crippen molar-refractivity contribution < 1.29 is 9.84 Å². The van der Waals surface area contributed by atoms with Crippen LogP contribution in [0.3, 0.4) is 0 Å². The van der Waals surface area contributed by atoms with Crippen LogP contribution in [0.4, 0.5) is 0 Å². The second kappa shape index (κ2) is 8.27. The van der Waals surface area contributed by atoms with Gasteiger partial charge < -0.3 is 9.84 Å². The molecule has 0 radical (unpaired) electrons. The fraction of sp³-hybridized carbons (Fsp3) is 0.647. The number of hydrogen-bond donors (Lipinski definition) is 1. The minimum Gasteiger partial charge on any atom is -0.390 e. The second-order valence-corrected chi connectivity index (χ2v) is 6.89. The summed E-state index contributed by atoms with van der Waals surface area (Å²) in [5.41, 5.74) is 1.16. The Bertz CT molecular complexity index is 462. The summed E-state index contributed by atoms with van der Waals surface area (Å²) in [7, 11) is 2.02. The number of nitrogens with zero attached hydrogens (tertiary/aromatic N) is 2. The largest absolute Gasteiger partial charge is 0.390 e. The number of ether oxygens (including phenoxy) is 1. The standard InChI is InChI=1S/C17H27ClN2O2/c1-13-8-20(9-14(2)22-13)12-17(21)11-19(3)10-15-5-4-6-16(18)7-15/h4-7,13-14,17,21H,8-12H2,1-3H3. The summed E-state index contributed by atoms with van der Waals surface area (Å²) in [5, 5.41) is 11.1. The van der Waals surface area contributed by atoms with E-state index >= 15 is 0 Å². The molecule has 1 fully saturated rings. The summed E-state index contributed by atoms with van der Waals surface area (Å²) in [6, 6.07) is 7.86. The fourth-order valence-electron chi connectivity index (χ4n) is 3.16. The molecule has 3 unspecified atom stereocenters. The summed E-state index contributed by atoms with van der Waals surface area (Å²) in [6.07, 6.45) is 0.113. The molecule has 1 saturated heterocycles. The van der Waals surface area contributed by atoms with Crippen molar-refractivity contribution >= 4 is 11.6 Å². The van der Waals surface area contributed by atoms with Crippen LogP contribution in [0.25, 0.3) is 0 Å². The van der Waals surface area contributed by atoms with Gasteiger partial charge in [-0.2, -0.15) is 0 Å². The van der Waals surface area contributed by atoms with E-state index in [-0.39, 0.29) is 18.3 Å². The van der Waals surface area contributed by atoms with Crippen LogP contribution in [0.15, 0.2) is 24.3 Å². The fourth-order valence-corrected chi connectivity index (χ4v) is 3.37. The van der Waals surface area contributed by atoms with Crippen LogP contribution in [0, 0.1) is 0 Å². The first-order valence-corrected chi connectivity index (χ1v) is 8.29. The Morgan fingerprint density at radius 3 is 2.68 bits per heavy atom. The summed E-state index contributed by atoms with van der Waals surface area (Å²) in [5.74, 6) is 0. The van der Waals surface area contributed by atoms with E-state index in [1.54, 1.807) is 0 Å². The van der Waals surface area contributed by atoms with Crippen molar-refractivity contribution in [3.8, 4) is 0 Å². The average molecular weight is 327 g/mol. The monoisotopic (exact) mass is 326 g/mol. The lowest BCUT2D eigenvalue weighted by atomic mass is 10.2. The molecule has 1 N–H and O–H groups in total. The van der Waals surface area contributed by atoms with E-state index in [2.05, 4.69) is 29.7 Å². The molecular formula is C17H27ClN2O2. The van der Waals surface area contributed by atoms with E-state index in [1.165, 1.54) is 0 Å². The second-order valence-electron chi connectivity index (χ2n) is 6.46. The van der Waals surface area contributed by atoms with Gasteiger partial charge in [0, 0.05) is 37.7 Å². The van der Waals surface area contributed by atoms with Crippen LogP contribution >= 0.6 is 11.6 Å². The molecule has 0 spiro atoms. The van der Waals surface area contributed by atoms with Crippen molar-refractivity contribution in [3.05, 3.63) is 34.9 Å². The van der Waals surface area contributed by atoms with E-state index in [9.17, 15) is 5.11 Å². The molecule has 1 heterocycles. The molecule has 2 rings (SSSR count). The van der Waals surface area contributed by atoms with Crippen LogP contribution < -0.4 is 0 Å². The van der Waals surface area contributed by atoms with Crippen LogP contribution in [-0.2, 0) is 11.3 Å². The smallest absolute Gasteiger partial charge is 0.0793 e. The molecule has 1 aliphatic heterocycles. The maximum atomic E-state index is 10.3. The Hall–Kier alpha value is -0.650. The van der Waals surface area contributed by atoms with E-state index in [0.29, 0.717) is 13.1 Å². The molecule has 0 saturated carbocycles. The van der Waals surface area contributed by atoms with Crippen LogP contribution in [0.1, 0.15) is 19.4 Å². The molecule has 0 aliphatic carbocycles. The summed E-state index contributed by atoms with van der Waals surface area (Å²) < 4.78 is 5.72.